The van der Waals surface area contributed by atoms with Gasteiger partial charge in [0.05, 0.1) is 16.8 Å². The summed E-state index contributed by atoms with van der Waals surface area (Å²) in [6, 6.07) is 65.0. The molecular formula is C51H35NS. The van der Waals surface area contributed by atoms with Gasteiger partial charge in [-0.05, 0) is 86.0 Å². The fourth-order valence-corrected chi connectivity index (χ4v) is 10.8. The molecule has 0 amide bonds. The van der Waals surface area contributed by atoms with Gasteiger partial charge in [-0.15, -0.1) is 11.3 Å². The molecule has 0 N–H and O–H groups in total. The zero-order chi connectivity index (χ0) is 35.3. The third kappa shape index (κ3) is 4.22. The third-order valence-electron chi connectivity index (χ3n) is 11.9. The second kappa shape index (κ2) is 11.2. The van der Waals surface area contributed by atoms with E-state index < -0.39 is 5.41 Å². The van der Waals surface area contributed by atoms with Crippen LogP contribution in [0.5, 0.6) is 0 Å². The fourth-order valence-electron chi connectivity index (χ4n) is 9.67. The molecule has 0 fully saturated rings. The van der Waals surface area contributed by atoms with Gasteiger partial charge >= 0.3 is 0 Å². The lowest BCUT2D eigenvalue weighted by molar-refractivity contribution is 0.569. The van der Waals surface area contributed by atoms with Crippen molar-refractivity contribution in [3.63, 3.8) is 0 Å². The van der Waals surface area contributed by atoms with Crippen LogP contribution in [0.2, 0.25) is 0 Å². The Kier molecular flexibility index (Phi) is 6.45. The van der Waals surface area contributed by atoms with Gasteiger partial charge in [-0.3, -0.25) is 0 Å². The summed E-state index contributed by atoms with van der Waals surface area (Å²) < 4.78 is 2.63. The highest BCUT2D eigenvalue weighted by atomic mass is 32.1. The summed E-state index contributed by atoms with van der Waals surface area (Å²) in [5.41, 5.74) is 16.9. The maximum Gasteiger partial charge on any atom is 0.0719 e. The Bertz CT molecular complexity index is 2810. The number of hydrogen-bond acceptors (Lipinski definition) is 2. The Morgan fingerprint density at radius 2 is 0.962 bits per heavy atom. The number of aromatic nitrogens is 1. The molecule has 2 aromatic heterocycles. The van der Waals surface area contributed by atoms with Crippen LogP contribution in [0.3, 0.4) is 0 Å². The van der Waals surface area contributed by atoms with Crippen LogP contribution in [-0.2, 0) is 10.8 Å². The van der Waals surface area contributed by atoms with Crippen molar-refractivity contribution in [2.75, 3.05) is 0 Å². The predicted molar refractivity (Wildman–Crippen MR) is 223 cm³/mol. The smallest absolute Gasteiger partial charge is 0.0719 e. The highest BCUT2D eigenvalue weighted by Gasteiger charge is 2.53. The molecule has 1 nitrogen and oxygen atoms in total. The predicted octanol–water partition coefficient (Wildman–Crippen LogP) is 13.5. The average Bonchev–Trinajstić information content (AvgIpc) is 3.74. The largest absolute Gasteiger partial charge is 0.248 e. The van der Waals surface area contributed by atoms with Crippen molar-refractivity contribution in [2.24, 2.45) is 0 Å². The van der Waals surface area contributed by atoms with Crippen LogP contribution in [0.15, 0.2) is 176 Å². The molecule has 2 heterocycles. The highest BCUT2D eigenvalue weighted by molar-refractivity contribution is 7.25. The van der Waals surface area contributed by atoms with Gasteiger partial charge in [-0.2, -0.15) is 0 Å². The average molecular weight is 694 g/mol. The number of pyridine rings is 1. The molecule has 53 heavy (non-hydrogen) atoms. The van der Waals surface area contributed by atoms with Crippen LogP contribution in [0.4, 0.5) is 0 Å². The van der Waals surface area contributed by atoms with Crippen molar-refractivity contribution < 1.29 is 0 Å². The van der Waals surface area contributed by atoms with E-state index in [1.807, 2.05) is 11.3 Å². The molecule has 9 aromatic rings. The molecule has 0 bridgehead atoms. The van der Waals surface area contributed by atoms with Crippen LogP contribution >= 0.6 is 11.3 Å². The number of fused-ring (bicyclic) bond motifs is 13. The zero-order valence-corrected chi connectivity index (χ0v) is 30.4. The van der Waals surface area contributed by atoms with E-state index in [1.165, 1.54) is 75.8 Å². The van der Waals surface area contributed by atoms with Gasteiger partial charge in [0.2, 0.25) is 0 Å². The standard InChI is InChI=1S/C51H35NS/c1-50(2)41-23-13-14-24-42(41)51(39-21-11-9-19-36(39)37-20-10-12-22-40(37)51)43-26-28-47-48(49(43)50)38-29-34(25-27-46(38)53-47)45-31-35(32-15-5-3-6-16-32)30-44(52-45)33-17-7-4-8-18-33/h3-31H,1-2H3. The summed E-state index contributed by atoms with van der Waals surface area (Å²) in [5, 5.41) is 2.67. The van der Waals surface area contributed by atoms with Crippen LogP contribution in [-0.4, -0.2) is 4.98 Å². The Balaban J connectivity index is 1.21. The minimum absolute atomic E-state index is 0.237. The van der Waals surface area contributed by atoms with Crippen LogP contribution in [0, 0.1) is 0 Å². The quantitative estimate of drug-likeness (QED) is 0.179. The lowest BCUT2D eigenvalue weighted by Crippen LogP contribution is -2.40. The van der Waals surface area contributed by atoms with Gasteiger partial charge < -0.3 is 0 Å². The van der Waals surface area contributed by atoms with E-state index in [0.29, 0.717) is 0 Å². The summed E-state index contributed by atoms with van der Waals surface area (Å²) >= 11 is 1.90. The Hall–Kier alpha value is -6.09. The molecule has 0 saturated heterocycles. The maximum absolute atomic E-state index is 5.33. The van der Waals surface area contributed by atoms with E-state index in [2.05, 4.69) is 190 Å². The van der Waals surface area contributed by atoms with Gasteiger partial charge in [0.15, 0.2) is 0 Å². The van der Waals surface area contributed by atoms with E-state index in [0.717, 1.165) is 22.5 Å². The van der Waals surface area contributed by atoms with Crippen LogP contribution in [0.25, 0.3) is 64.9 Å². The first-order valence-electron chi connectivity index (χ1n) is 18.5. The Labute approximate surface area is 313 Å². The Morgan fingerprint density at radius 3 is 1.64 bits per heavy atom. The van der Waals surface area contributed by atoms with E-state index in [1.54, 1.807) is 0 Å². The van der Waals surface area contributed by atoms with E-state index in [-0.39, 0.29) is 5.41 Å². The molecule has 0 aliphatic heterocycles. The molecule has 2 heteroatoms. The topological polar surface area (TPSA) is 12.9 Å². The first-order chi connectivity index (χ1) is 26.0. The molecular weight excluding hydrogens is 659 g/mol. The van der Waals surface area contributed by atoms with E-state index in [9.17, 15) is 0 Å². The number of thiophene rings is 1. The number of hydrogen-bond donors (Lipinski definition) is 0. The summed E-state index contributed by atoms with van der Waals surface area (Å²) in [4.78, 5) is 5.33. The molecule has 0 unspecified atom stereocenters. The van der Waals surface area contributed by atoms with Crippen molar-refractivity contribution in [1.82, 2.24) is 4.98 Å². The molecule has 11 rings (SSSR count). The van der Waals surface area contributed by atoms with Gasteiger partial charge in [-0.25, -0.2) is 4.98 Å². The normalized spacial score (nSPS) is 14.5. The fraction of sp³-hybridized carbons (Fsp3) is 0.0784. The molecule has 7 aromatic carbocycles. The SMILES string of the molecule is CC1(C)c2ccccc2C2(c3ccccc3-c3ccccc32)c2ccc3sc4ccc(-c5cc(-c6ccccc6)cc(-c6ccccc6)n5)cc4c3c21. The minimum atomic E-state index is -0.412. The van der Waals surface area contributed by atoms with Crippen molar-refractivity contribution in [1.29, 1.82) is 0 Å². The minimum Gasteiger partial charge on any atom is -0.248 e. The van der Waals surface area contributed by atoms with Crippen LogP contribution in [0.1, 0.15) is 47.2 Å². The van der Waals surface area contributed by atoms with Gasteiger partial charge in [0.1, 0.15) is 0 Å². The zero-order valence-electron chi connectivity index (χ0n) is 29.6. The number of rotatable bonds is 3. The van der Waals surface area contributed by atoms with Crippen molar-refractivity contribution in [2.45, 2.75) is 24.7 Å². The van der Waals surface area contributed by atoms with E-state index in [4.69, 9.17) is 4.98 Å². The van der Waals surface area contributed by atoms with Gasteiger partial charge in [0.25, 0.3) is 0 Å². The van der Waals surface area contributed by atoms with Crippen LogP contribution < -0.4 is 0 Å². The van der Waals surface area contributed by atoms with Crippen molar-refractivity contribution >= 4 is 31.5 Å². The highest BCUT2D eigenvalue weighted by Crippen LogP contribution is 2.63. The lowest BCUT2D eigenvalue weighted by atomic mass is 9.55. The second-order valence-electron chi connectivity index (χ2n) is 15.0. The summed E-state index contributed by atoms with van der Waals surface area (Å²) in [5.74, 6) is 0. The summed E-state index contributed by atoms with van der Waals surface area (Å²) in [6.07, 6.45) is 0. The van der Waals surface area contributed by atoms with Gasteiger partial charge in [-0.1, -0.05) is 159 Å². The monoisotopic (exact) mass is 693 g/mol. The van der Waals surface area contributed by atoms with Crippen molar-refractivity contribution in [3.8, 4) is 44.8 Å². The first kappa shape index (κ1) is 30.5. The van der Waals surface area contributed by atoms with Crippen molar-refractivity contribution in [3.05, 3.63) is 209 Å². The molecule has 250 valence electrons. The molecule has 0 radical (unpaired) electrons. The number of nitrogens with zero attached hydrogens (tertiary/aromatic N) is 1. The molecule has 2 aliphatic rings. The second-order valence-corrected chi connectivity index (χ2v) is 16.1. The Morgan fingerprint density at radius 1 is 0.415 bits per heavy atom. The summed E-state index contributed by atoms with van der Waals surface area (Å²) in [6.45, 7) is 4.88. The molecule has 0 atom stereocenters. The third-order valence-corrected chi connectivity index (χ3v) is 13.1. The lowest BCUT2D eigenvalue weighted by Gasteiger charge is -2.47. The molecule has 0 saturated carbocycles. The summed E-state index contributed by atoms with van der Waals surface area (Å²) in [7, 11) is 0. The number of benzene rings is 7. The van der Waals surface area contributed by atoms with E-state index >= 15 is 0 Å². The maximum atomic E-state index is 5.33. The van der Waals surface area contributed by atoms with Gasteiger partial charge in [0, 0.05) is 36.7 Å². The molecule has 1 spiro atoms. The first-order valence-corrected chi connectivity index (χ1v) is 19.3. The molecule has 2 aliphatic carbocycles.